The Morgan fingerprint density at radius 1 is 1.30 bits per heavy atom. The van der Waals surface area contributed by atoms with Crippen molar-refractivity contribution in [2.45, 2.75) is 25.1 Å². The van der Waals surface area contributed by atoms with Crippen molar-refractivity contribution in [3.63, 3.8) is 0 Å². The summed E-state index contributed by atoms with van der Waals surface area (Å²) in [5, 5.41) is 5.68. The fourth-order valence-corrected chi connectivity index (χ4v) is 2.53. The van der Waals surface area contributed by atoms with Gasteiger partial charge in [0.2, 0.25) is 0 Å². The van der Waals surface area contributed by atoms with E-state index in [1.165, 1.54) is 0 Å². The molecule has 4 nitrogen and oxygen atoms in total. The lowest BCUT2D eigenvalue weighted by molar-refractivity contribution is -0.137. The Balaban J connectivity index is 0.00000264. The third-order valence-corrected chi connectivity index (χ3v) is 4.06. The molecule has 0 aliphatic carbocycles. The minimum Gasteiger partial charge on any atom is -0.324 e. The molecule has 1 fully saturated rings. The Morgan fingerprint density at radius 3 is 2.43 bits per heavy atom. The van der Waals surface area contributed by atoms with Gasteiger partial charge in [-0.3, -0.25) is 0 Å². The average molecular weight is 372 g/mol. The molecule has 1 aliphatic rings. The fourth-order valence-electron chi connectivity index (χ4n) is 2.36. The zero-order chi connectivity index (χ0) is 16.3. The second-order valence-electron chi connectivity index (χ2n) is 5.17. The van der Waals surface area contributed by atoms with Crippen LogP contribution in [0.1, 0.15) is 18.4 Å². The molecule has 2 N–H and O–H groups in total. The molecule has 2 amide bonds. The van der Waals surface area contributed by atoms with E-state index < -0.39 is 17.8 Å². The van der Waals surface area contributed by atoms with E-state index in [1.807, 2.05) is 7.05 Å². The van der Waals surface area contributed by atoms with Gasteiger partial charge in [0.1, 0.15) is 0 Å². The first-order valence-electron chi connectivity index (χ1n) is 6.91. The maximum absolute atomic E-state index is 12.7. The smallest absolute Gasteiger partial charge is 0.324 e. The summed E-state index contributed by atoms with van der Waals surface area (Å²) >= 11 is 5.86. The van der Waals surface area contributed by atoms with Crippen LogP contribution < -0.4 is 10.6 Å². The summed E-state index contributed by atoms with van der Waals surface area (Å²) in [6.45, 7) is 1.10. The van der Waals surface area contributed by atoms with Gasteiger partial charge in [-0.2, -0.15) is 13.2 Å². The Labute approximate surface area is 143 Å². The van der Waals surface area contributed by atoms with Gasteiger partial charge in [0, 0.05) is 19.1 Å². The number of alkyl halides is 3. The van der Waals surface area contributed by atoms with Crippen LogP contribution in [0.5, 0.6) is 0 Å². The van der Waals surface area contributed by atoms with Crippen molar-refractivity contribution in [3.8, 4) is 0 Å². The van der Waals surface area contributed by atoms with Crippen molar-refractivity contribution in [2.24, 2.45) is 0 Å². The molecule has 1 heterocycles. The van der Waals surface area contributed by atoms with Gasteiger partial charge in [-0.25, -0.2) is 4.79 Å². The Bertz CT molecular complexity index is 547. The fraction of sp³-hybridized carbons (Fsp3) is 0.500. The molecule has 0 atom stereocenters. The largest absolute Gasteiger partial charge is 0.416 e. The first-order chi connectivity index (χ1) is 10.3. The number of urea groups is 1. The molecule has 1 aliphatic heterocycles. The first kappa shape index (κ1) is 19.9. The Hall–Kier alpha value is -1.18. The highest BCUT2D eigenvalue weighted by Crippen LogP contribution is 2.34. The lowest BCUT2D eigenvalue weighted by Gasteiger charge is -2.31. The number of benzene rings is 1. The molecular formula is C14H18Cl2F3N3O. The molecule has 9 heteroatoms. The number of nitrogens with one attached hydrogen (secondary N) is 2. The molecule has 0 spiro atoms. The zero-order valence-corrected chi connectivity index (χ0v) is 14.0. The number of hydrogen-bond donors (Lipinski definition) is 2. The van der Waals surface area contributed by atoms with Crippen LogP contribution in [0, 0.1) is 0 Å². The van der Waals surface area contributed by atoms with Crippen LogP contribution in [-0.2, 0) is 6.18 Å². The number of piperidine rings is 1. The maximum Gasteiger partial charge on any atom is 0.416 e. The van der Waals surface area contributed by atoms with Crippen molar-refractivity contribution in [2.75, 3.05) is 25.5 Å². The van der Waals surface area contributed by atoms with E-state index >= 15 is 0 Å². The van der Waals surface area contributed by atoms with Crippen LogP contribution >= 0.6 is 24.0 Å². The van der Waals surface area contributed by atoms with E-state index in [2.05, 4.69) is 10.6 Å². The van der Waals surface area contributed by atoms with Crippen LogP contribution in [0.2, 0.25) is 5.02 Å². The number of likely N-dealkylation sites (tertiary alicyclic amines) is 1. The highest BCUT2D eigenvalue weighted by Gasteiger charge is 2.31. The number of hydrogen-bond acceptors (Lipinski definition) is 2. The number of nitrogens with zero attached hydrogens (tertiary/aromatic N) is 1. The molecule has 130 valence electrons. The van der Waals surface area contributed by atoms with Crippen LogP contribution in [0.4, 0.5) is 23.7 Å². The molecule has 1 saturated heterocycles. The lowest BCUT2D eigenvalue weighted by Crippen LogP contribution is -2.45. The van der Waals surface area contributed by atoms with Gasteiger partial charge >= 0.3 is 12.2 Å². The third-order valence-electron chi connectivity index (χ3n) is 3.73. The number of carbonyl (C=O) groups is 1. The average Bonchev–Trinajstić information content (AvgIpc) is 2.48. The summed E-state index contributed by atoms with van der Waals surface area (Å²) in [7, 11) is 1.86. The number of rotatable bonds is 2. The van der Waals surface area contributed by atoms with Crippen molar-refractivity contribution in [1.82, 2.24) is 10.2 Å². The maximum atomic E-state index is 12.7. The molecule has 1 aromatic rings. The predicted molar refractivity (Wildman–Crippen MR) is 86.4 cm³/mol. The second-order valence-corrected chi connectivity index (χ2v) is 5.58. The van der Waals surface area contributed by atoms with Crippen LogP contribution in [-0.4, -0.2) is 37.1 Å². The monoisotopic (exact) mass is 371 g/mol. The molecule has 0 saturated carbocycles. The molecule has 2 rings (SSSR count). The highest BCUT2D eigenvalue weighted by molar-refractivity contribution is 6.33. The van der Waals surface area contributed by atoms with E-state index in [0.29, 0.717) is 19.1 Å². The predicted octanol–water partition coefficient (Wildman–Crippen LogP) is 4.00. The molecule has 1 aromatic carbocycles. The first-order valence-corrected chi connectivity index (χ1v) is 7.29. The van der Waals surface area contributed by atoms with Crippen molar-refractivity contribution >= 4 is 35.7 Å². The summed E-state index contributed by atoms with van der Waals surface area (Å²) in [5.41, 5.74) is -0.877. The van der Waals surface area contributed by atoms with Gasteiger partial charge < -0.3 is 15.5 Å². The quantitative estimate of drug-likeness (QED) is 0.825. The normalized spacial score (nSPS) is 16.0. The van der Waals surface area contributed by atoms with Crippen LogP contribution in [0.15, 0.2) is 18.2 Å². The van der Waals surface area contributed by atoms with Gasteiger partial charge in [-0.1, -0.05) is 11.6 Å². The highest BCUT2D eigenvalue weighted by atomic mass is 35.5. The van der Waals surface area contributed by atoms with E-state index in [-0.39, 0.29) is 23.1 Å². The van der Waals surface area contributed by atoms with Crippen LogP contribution in [0.3, 0.4) is 0 Å². The molecule has 0 bridgehead atoms. The van der Waals surface area contributed by atoms with Crippen molar-refractivity contribution in [3.05, 3.63) is 28.8 Å². The van der Waals surface area contributed by atoms with Crippen molar-refractivity contribution < 1.29 is 18.0 Å². The lowest BCUT2D eigenvalue weighted by atomic mass is 10.1. The second kappa shape index (κ2) is 8.08. The topological polar surface area (TPSA) is 44.4 Å². The molecule has 23 heavy (non-hydrogen) atoms. The number of carbonyl (C=O) groups excluding carboxylic acids is 1. The number of halogens is 5. The number of amides is 2. The molecule has 0 unspecified atom stereocenters. The van der Waals surface area contributed by atoms with E-state index in [9.17, 15) is 18.0 Å². The van der Waals surface area contributed by atoms with Crippen LogP contribution in [0.25, 0.3) is 0 Å². The zero-order valence-electron chi connectivity index (χ0n) is 12.4. The Kier molecular flexibility index (Phi) is 6.98. The Morgan fingerprint density at radius 2 is 1.91 bits per heavy atom. The summed E-state index contributed by atoms with van der Waals surface area (Å²) in [6.07, 6.45) is -2.87. The molecule has 0 radical (unpaired) electrons. The minimum absolute atomic E-state index is 0. The summed E-state index contributed by atoms with van der Waals surface area (Å²) < 4.78 is 38.1. The van der Waals surface area contributed by atoms with E-state index in [1.54, 1.807) is 4.90 Å². The molecular weight excluding hydrogens is 354 g/mol. The third kappa shape index (κ3) is 5.16. The van der Waals surface area contributed by atoms with Crippen molar-refractivity contribution in [1.29, 1.82) is 0 Å². The van der Waals surface area contributed by atoms with Gasteiger partial charge in [0.15, 0.2) is 0 Å². The van der Waals surface area contributed by atoms with Gasteiger partial charge in [-0.05, 0) is 38.1 Å². The van der Waals surface area contributed by atoms with E-state index in [4.69, 9.17) is 11.6 Å². The standard InChI is InChI=1S/C14H17ClF3N3O.ClH/c1-19-10-4-6-21(7-5-10)13(22)20-12-8-9(14(16,17)18)2-3-11(12)15;/h2-3,8,10,19H,4-7H2,1H3,(H,20,22);1H. The van der Waals surface area contributed by atoms with E-state index in [0.717, 1.165) is 31.0 Å². The summed E-state index contributed by atoms with van der Waals surface area (Å²) in [4.78, 5) is 13.7. The SMILES string of the molecule is CNC1CCN(C(=O)Nc2cc(C(F)(F)F)ccc2Cl)CC1.Cl. The van der Waals surface area contributed by atoms with Gasteiger partial charge in [0.25, 0.3) is 0 Å². The van der Waals surface area contributed by atoms with Gasteiger partial charge in [0.05, 0.1) is 16.3 Å². The van der Waals surface area contributed by atoms with Gasteiger partial charge in [-0.15, -0.1) is 12.4 Å². The number of anilines is 1. The summed E-state index contributed by atoms with van der Waals surface area (Å²) in [6, 6.07) is 2.79. The summed E-state index contributed by atoms with van der Waals surface area (Å²) in [5.74, 6) is 0. The minimum atomic E-state index is -4.48. The molecule has 0 aromatic heterocycles.